The van der Waals surface area contributed by atoms with Gasteiger partial charge in [0.05, 0.1) is 12.7 Å². The number of aliphatic carboxylic acids is 1. The molecule has 10 heteroatoms. The van der Waals surface area contributed by atoms with E-state index in [9.17, 15) is 24.6 Å². The number of carbonyl (C=O) groups excluding carboxylic acids is 2. The van der Waals surface area contributed by atoms with E-state index >= 15 is 0 Å². The molecule has 9 nitrogen and oxygen atoms in total. The number of unbranched alkanes of at least 4 members (excludes halogenated alkanes) is 18. The molecule has 0 saturated heterocycles. The normalized spacial score (nSPS) is 14.3. The van der Waals surface area contributed by atoms with Crippen LogP contribution in [0.15, 0.2) is 48.6 Å². The van der Waals surface area contributed by atoms with E-state index in [0.717, 1.165) is 32.1 Å². The first-order valence-electron chi connectivity index (χ1n) is 21.6. The Balaban J connectivity index is 4.42. The Bertz CT molecular complexity index is 1050. The van der Waals surface area contributed by atoms with Crippen LogP contribution in [0, 0.1) is 0 Å². The predicted octanol–water partition coefficient (Wildman–Crippen LogP) is 10.3. The Morgan fingerprint density at radius 1 is 0.691 bits per heavy atom. The van der Waals surface area contributed by atoms with Crippen LogP contribution >= 0.6 is 11.8 Å². The quantitative estimate of drug-likeness (QED) is 0.0204. The first kappa shape index (κ1) is 52.6. The number of allylic oxidation sites excluding steroid dienone is 7. The predicted molar refractivity (Wildman–Crippen MR) is 229 cm³/mol. The molecule has 0 aliphatic rings. The highest BCUT2D eigenvalue weighted by molar-refractivity contribution is 8.00. The topological polar surface area (TPSA) is 156 Å². The van der Waals surface area contributed by atoms with Crippen molar-refractivity contribution in [1.82, 2.24) is 0 Å². The van der Waals surface area contributed by atoms with Crippen molar-refractivity contribution in [2.24, 2.45) is 5.73 Å². The summed E-state index contributed by atoms with van der Waals surface area (Å²) in [5.41, 5.74) is 6.10. The maximum absolute atomic E-state index is 12.6. The van der Waals surface area contributed by atoms with Crippen LogP contribution in [0.25, 0.3) is 0 Å². The number of thioether (sulfide) groups is 1. The first-order valence-corrected chi connectivity index (χ1v) is 22.7. The lowest BCUT2D eigenvalue weighted by atomic mass is 10.0. The molecule has 0 aliphatic heterocycles. The van der Waals surface area contributed by atoms with Gasteiger partial charge in [0.2, 0.25) is 0 Å². The summed E-state index contributed by atoms with van der Waals surface area (Å²) in [6.07, 6.45) is 40.5. The van der Waals surface area contributed by atoms with Crippen LogP contribution in [0.2, 0.25) is 0 Å². The summed E-state index contributed by atoms with van der Waals surface area (Å²) in [4.78, 5) is 35.9. The second kappa shape index (κ2) is 39.8. The molecule has 0 spiro atoms. The zero-order valence-corrected chi connectivity index (χ0v) is 35.4. The first-order chi connectivity index (χ1) is 26.7. The van der Waals surface area contributed by atoms with Gasteiger partial charge in [0.1, 0.15) is 12.6 Å². The Morgan fingerprint density at radius 2 is 1.25 bits per heavy atom. The Kier molecular flexibility index (Phi) is 38.1. The van der Waals surface area contributed by atoms with Crippen LogP contribution < -0.4 is 5.73 Å². The number of aliphatic hydroxyl groups excluding tert-OH is 2. The molecule has 0 bridgehead atoms. The van der Waals surface area contributed by atoms with Gasteiger partial charge in [-0.25, -0.2) is 0 Å². The summed E-state index contributed by atoms with van der Waals surface area (Å²) in [7, 11) is 0. The van der Waals surface area contributed by atoms with Crippen LogP contribution in [0.1, 0.15) is 174 Å². The number of carbonyl (C=O) groups is 3. The van der Waals surface area contributed by atoms with Gasteiger partial charge in [-0.1, -0.05) is 172 Å². The van der Waals surface area contributed by atoms with Gasteiger partial charge in [-0.05, 0) is 38.5 Å². The lowest BCUT2D eigenvalue weighted by molar-refractivity contribution is -0.161. The Labute approximate surface area is 339 Å². The van der Waals surface area contributed by atoms with Gasteiger partial charge < -0.3 is 30.5 Å². The summed E-state index contributed by atoms with van der Waals surface area (Å²) in [5.74, 6) is -1.91. The SMILES string of the molecule is CCCCC/C=C\C\C=C/C=C/C=C/[C@@H](SC[C@H](N)C(=O)OC[C@H](CO)OC(=O)CCCCCCCCCCCCCCCCCC)[C@@H](O)CCCC(=O)O. The monoisotopic (exact) mass is 794 g/mol. The van der Waals surface area contributed by atoms with Crippen LogP contribution in [0.3, 0.4) is 0 Å². The van der Waals surface area contributed by atoms with Gasteiger partial charge in [-0.15, -0.1) is 11.8 Å². The van der Waals surface area contributed by atoms with Crippen molar-refractivity contribution in [3.05, 3.63) is 48.6 Å². The molecule has 0 aromatic carbocycles. The van der Waals surface area contributed by atoms with Gasteiger partial charge in [0.15, 0.2) is 6.10 Å². The Hall–Kier alpha value is -2.40. The standard InChI is InChI=1S/C45H79NO8S/c1-3-5-7-9-11-13-15-17-18-19-20-22-24-26-28-30-35-44(51)54-39(36-47)37-53-45(52)40(46)38-55-42(41(48)32-31-34-43(49)50)33-29-27-25-23-21-16-14-12-10-8-6-4-2/h12,14,21,23,25,27,29,33,39-42,47-48H,3-11,13,15-20,22,24,26,28,30-32,34-38,46H2,1-2H3,(H,49,50)/b14-12-,23-21-,27-25+,33-29+/t39-,40-,41-,42+/m0/s1. The number of nitrogens with two attached hydrogens (primary N) is 1. The van der Waals surface area contributed by atoms with E-state index in [4.69, 9.17) is 20.3 Å². The third-order valence-corrected chi connectivity index (χ3v) is 10.8. The van der Waals surface area contributed by atoms with Gasteiger partial charge in [-0.2, -0.15) is 0 Å². The molecule has 0 rings (SSSR count). The number of hydrogen-bond acceptors (Lipinski definition) is 9. The van der Waals surface area contributed by atoms with E-state index in [1.807, 2.05) is 30.4 Å². The average Bonchev–Trinajstić information content (AvgIpc) is 3.17. The highest BCUT2D eigenvalue weighted by Crippen LogP contribution is 2.22. The summed E-state index contributed by atoms with van der Waals surface area (Å²) >= 11 is 1.28. The molecule has 0 aromatic heterocycles. The zero-order valence-electron chi connectivity index (χ0n) is 34.6. The molecular formula is C45H79NO8S. The number of carboxylic acid groups (broad SMARTS) is 1. The molecule has 55 heavy (non-hydrogen) atoms. The van der Waals surface area contributed by atoms with Crippen molar-refractivity contribution in [2.75, 3.05) is 19.0 Å². The van der Waals surface area contributed by atoms with E-state index in [1.165, 1.54) is 114 Å². The number of rotatable bonds is 39. The number of esters is 2. The fraction of sp³-hybridized carbons (Fsp3) is 0.756. The lowest BCUT2D eigenvalue weighted by Gasteiger charge is -2.21. The summed E-state index contributed by atoms with van der Waals surface area (Å²) < 4.78 is 10.6. The smallest absolute Gasteiger partial charge is 0.323 e. The molecular weight excluding hydrogens is 715 g/mol. The number of ether oxygens (including phenoxy) is 2. The number of aliphatic hydroxyl groups is 2. The third-order valence-electron chi connectivity index (χ3n) is 9.37. The molecule has 0 fully saturated rings. The van der Waals surface area contributed by atoms with Crippen molar-refractivity contribution in [2.45, 2.75) is 198 Å². The summed E-state index contributed by atoms with van der Waals surface area (Å²) in [5, 5.41) is 29.0. The van der Waals surface area contributed by atoms with Crippen molar-refractivity contribution in [1.29, 1.82) is 0 Å². The highest BCUT2D eigenvalue weighted by Gasteiger charge is 2.23. The van der Waals surface area contributed by atoms with Crippen LogP contribution in [-0.4, -0.2) is 75.7 Å². The van der Waals surface area contributed by atoms with E-state index in [1.54, 1.807) is 0 Å². The van der Waals surface area contributed by atoms with E-state index < -0.39 is 48.0 Å². The average molecular weight is 794 g/mol. The second-order valence-electron chi connectivity index (χ2n) is 14.6. The third kappa shape index (κ3) is 35.7. The van der Waals surface area contributed by atoms with E-state index in [-0.39, 0.29) is 31.6 Å². The molecule has 0 aromatic rings. The minimum absolute atomic E-state index is 0.0438. The van der Waals surface area contributed by atoms with Gasteiger partial charge in [0, 0.05) is 23.8 Å². The number of hydrogen-bond donors (Lipinski definition) is 4. The molecule has 0 radical (unpaired) electrons. The van der Waals surface area contributed by atoms with E-state index in [2.05, 4.69) is 32.1 Å². The van der Waals surface area contributed by atoms with Gasteiger partial charge in [-0.3, -0.25) is 14.4 Å². The van der Waals surface area contributed by atoms with Crippen LogP contribution in [0.4, 0.5) is 0 Å². The van der Waals surface area contributed by atoms with Gasteiger partial charge in [0.25, 0.3) is 0 Å². The minimum Gasteiger partial charge on any atom is -0.481 e. The second-order valence-corrected chi connectivity index (χ2v) is 15.8. The Morgan fingerprint density at radius 3 is 1.84 bits per heavy atom. The highest BCUT2D eigenvalue weighted by atomic mass is 32.2. The maximum Gasteiger partial charge on any atom is 0.323 e. The fourth-order valence-electron chi connectivity index (χ4n) is 5.94. The van der Waals surface area contributed by atoms with Crippen molar-refractivity contribution in [3.8, 4) is 0 Å². The minimum atomic E-state index is -1.01. The largest absolute Gasteiger partial charge is 0.481 e. The molecule has 5 N–H and O–H groups in total. The summed E-state index contributed by atoms with van der Waals surface area (Å²) in [6, 6.07) is -1.01. The van der Waals surface area contributed by atoms with Crippen molar-refractivity contribution < 1.29 is 39.2 Å². The lowest BCUT2D eigenvalue weighted by Crippen LogP contribution is -2.38. The van der Waals surface area contributed by atoms with Gasteiger partial charge >= 0.3 is 17.9 Å². The molecule has 318 valence electrons. The molecule has 0 unspecified atom stereocenters. The van der Waals surface area contributed by atoms with E-state index in [0.29, 0.717) is 6.42 Å². The fourth-order valence-corrected chi connectivity index (χ4v) is 7.06. The summed E-state index contributed by atoms with van der Waals surface area (Å²) in [6.45, 7) is 3.68. The molecule has 0 aliphatic carbocycles. The molecule has 0 amide bonds. The molecule has 4 atom stereocenters. The molecule has 0 saturated carbocycles. The maximum atomic E-state index is 12.6. The van der Waals surface area contributed by atoms with Crippen LogP contribution in [-0.2, 0) is 23.9 Å². The molecule has 0 heterocycles. The van der Waals surface area contributed by atoms with Crippen molar-refractivity contribution in [3.63, 3.8) is 0 Å². The van der Waals surface area contributed by atoms with Crippen LogP contribution in [0.5, 0.6) is 0 Å². The zero-order chi connectivity index (χ0) is 40.6. The van der Waals surface area contributed by atoms with Crippen molar-refractivity contribution >= 4 is 29.7 Å². The number of carboxylic acids is 1.